The van der Waals surface area contributed by atoms with Gasteiger partial charge in [-0.05, 0) is 72.8 Å². The molecule has 0 atom stereocenters. The van der Waals surface area contributed by atoms with E-state index in [-0.39, 0.29) is 5.91 Å². The van der Waals surface area contributed by atoms with Gasteiger partial charge in [-0.2, -0.15) is 0 Å². The lowest BCUT2D eigenvalue weighted by Crippen LogP contribution is -2.36. The van der Waals surface area contributed by atoms with E-state index in [9.17, 15) is 4.79 Å². The SMILES string of the molecule is CNc1ccc(Nc2ncc(OC)c(Sc3ccc(NC(=O)CCNc4ccc(N5CCOCC5)cc4)cc3)n2)cc1. The zero-order valence-electron chi connectivity index (χ0n) is 23.7. The average molecular weight is 586 g/mol. The van der Waals surface area contributed by atoms with Crippen LogP contribution < -0.4 is 30.9 Å². The maximum atomic E-state index is 12.5. The van der Waals surface area contributed by atoms with Gasteiger partial charge in [0.15, 0.2) is 5.75 Å². The largest absolute Gasteiger partial charge is 0.492 e. The van der Waals surface area contributed by atoms with Crippen LogP contribution in [0.1, 0.15) is 6.42 Å². The Hall–Kier alpha value is -4.48. The molecule has 3 aromatic carbocycles. The number of anilines is 6. The molecule has 2 heterocycles. The molecule has 1 aliphatic rings. The molecule has 218 valence electrons. The standard InChI is InChI=1S/C31H35N7O3S/c1-32-22-3-5-25(6-4-22)36-31-34-21-28(40-2)30(37-31)42-27-13-9-24(10-14-27)35-29(39)15-16-33-23-7-11-26(12-8-23)38-17-19-41-20-18-38/h3-14,21,32-33H,15-20H2,1-2H3,(H,35,39)(H,34,36,37). The number of benzene rings is 3. The molecule has 0 saturated carbocycles. The Morgan fingerprint density at radius 3 is 2.29 bits per heavy atom. The van der Waals surface area contributed by atoms with Gasteiger partial charge >= 0.3 is 0 Å². The van der Waals surface area contributed by atoms with E-state index < -0.39 is 0 Å². The molecule has 0 aliphatic carbocycles. The summed E-state index contributed by atoms with van der Waals surface area (Å²) in [6.45, 7) is 3.89. The van der Waals surface area contributed by atoms with E-state index in [4.69, 9.17) is 9.47 Å². The first-order chi connectivity index (χ1) is 20.6. The quantitative estimate of drug-likeness (QED) is 0.155. The predicted octanol–water partition coefficient (Wildman–Crippen LogP) is 5.70. The number of nitrogens with one attached hydrogen (secondary N) is 4. The van der Waals surface area contributed by atoms with Gasteiger partial charge < -0.3 is 35.6 Å². The van der Waals surface area contributed by atoms with Crippen molar-refractivity contribution in [1.29, 1.82) is 0 Å². The Kier molecular flexibility index (Phi) is 9.97. The summed E-state index contributed by atoms with van der Waals surface area (Å²) in [5.74, 6) is 1.00. The highest BCUT2D eigenvalue weighted by molar-refractivity contribution is 7.99. The number of carbonyl (C=O) groups excluding carboxylic acids is 1. The lowest BCUT2D eigenvalue weighted by molar-refractivity contribution is -0.115. The molecule has 5 rings (SSSR count). The minimum absolute atomic E-state index is 0.0521. The molecular formula is C31H35N7O3S. The highest BCUT2D eigenvalue weighted by Crippen LogP contribution is 2.34. The molecule has 4 N–H and O–H groups in total. The topological polar surface area (TPSA) is 113 Å². The van der Waals surface area contributed by atoms with Crippen LogP contribution in [0.5, 0.6) is 5.75 Å². The first-order valence-corrected chi connectivity index (χ1v) is 14.6. The van der Waals surface area contributed by atoms with Crippen molar-refractivity contribution in [1.82, 2.24) is 9.97 Å². The van der Waals surface area contributed by atoms with E-state index in [1.165, 1.54) is 17.4 Å². The number of carbonyl (C=O) groups is 1. The van der Waals surface area contributed by atoms with Gasteiger partial charge in [0.25, 0.3) is 0 Å². The number of aromatic nitrogens is 2. The van der Waals surface area contributed by atoms with Gasteiger partial charge in [-0.25, -0.2) is 9.97 Å². The molecule has 1 fully saturated rings. The van der Waals surface area contributed by atoms with E-state index >= 15 is 0 Å². The van der Waals surface area contributed by atoms with Crippen LogP contribution in [0.2, 0.25) is 0 Å². The summed E-state index contributed by atoms with van der Waals surface area (Å²) >= 11 is 1.46. The smallest absolute Gasteiger partial charge is 0.228 e. The molecule has 1 amide bonds. The third-order valence-electron chi connectivity index (χ3n) is 6.65. The van der Waals surface area contributed by atoms with Gasteiger partial charge in [0.1, 0.15) is 5.03 Å². The zero-order chi connectivity index (χ0) is 29.1. The maximum Gasteiger partial charge on any atom is 0.228 e. The van der Waals surface area contributed by atoms with Crippen LogP contribution in [-0.4, -0.2) is 62.9 Å². The number of nitrogens with zero attached hydrogens (tertiary/aromatic N) is 3. The molecule has 1 aromatic heterocycles. The molecule has 42 heavy (non-hydrogen) atoms. The monoisotopic (exact) mass is 585 g/mol. The fourth-order valence-corrected chi connectivity index (χ4v) is 5.22. The number of ether oxygens (including phenoxy) is 2. The van der Waals surface area contributed by atoms with E-state index in [0.29, 0.717) is 29.7 Å². The Morgan fingerprint density at radius 2 is 1.60 bits per heavy atom. The van der Waals surface area contributed by atoms with Crippen molar-refractivity contribution in [2.45, 2.75) is 16.3 Å². The summed E-state index contributed by atoms with van der Waals surface area (Å²) in [6, 6.07) is 23.8. The minimum atomic E-state index is -0.0521. The van der Waals surface area contributed by atoms with Crippen LogP contribution in [0.4, 0.5) is 34.4 Å². The molecular weight excluding hydrogens is 550 g/mol. The predicted molar refractivity (Wildman–Crippen MR) is 170 cm³/mol. The lowest BCUT2D eigenvalue weighted by atomic mass is 10.2. The van der Waals surface area contributed by atoms with E-state index in [2.05, 4.69) is 48.3 Å². The Balaban J connectivity index is 1.10. The van der Waals surface area contributed by atoms with Crippen molar-refractivity contribution in [3.05, 3.63) is 79.0 Å². The number of hydrogen-bond acceptors (Lipinski definition) is 10. The van der Waals surface area contributed by atoms with Gasteiger partial charge in [0, 0.05) is 66.4 Å². The second-order valence-electron chi connectivity index (χ2n) is 9.52. The third-order valence-corrected chi connectivity index (χ3v) is 7.64. The summed E-state index contributed by atoms with van der Waals surface area (Å²) in [7, 11) is 3.48. The van der Waals surface area contributed by atoms with Crippen molar-refractivity contribution < 1.29 is 14.3 Å². The second-order valence-corrected chi connectivity index (χ2v) is 10.6. The Labute approximate surface area is 250 Å². The first-order valence-electron chi connectivity index (χ1n) is 13.8. The van der Waals surface area contributed by atoms with Crippen LogP contribution in [0.15, 0.2) is 88.9 Å². The fourth-order valence-electron chi connectivity index (χ4n) is 4.35. The zero-order valence-corrected chi connectivity index (χ0v) is 24.5. The number of rotatable bonds is 12. The molecule has 10 nitrogen and oxygen atoms in total. The van der Waals surface area contributed by atoms with Crippen molar-refractivity contribution in [3.8, 4) is 5.75 Å². The first kappa shape index (κ1) is 29.0. The van der Waals surface area contributed by atoms with Crippen molar-refractivity contribution in [3.63, 3.8) is 0 Å². The summed E-state index contributed by atoms with van der Waals surface area (Å²) in [6.07, 6.45) is 2.01. The highest BCUT2D eigenvalue weighted by atomic mass is 32.2. The lowest BCUT2D eigenvalue weighted by Gasteiger charge is -2.28. The third kappa shape index (κ3) is 8.05. The Morgan fingerprint density at radius 1 is 0.929 bits per heavy atom. The van der Waals surface area contributed by atoms with E-state index in [1.807, 2.05) is 67.7 Å². The summed E-state index contributed by atoms with van der Waals surface area (Å²) in [5, 5.41) is 13.3. The van der Waals surface area contributed by atoms with Gasteiger partial charge in [0.2, 0.25) is 11.9 Å². The van der Waals surface area contributed by atoms with Gasteiger partial charge in [0.05, 0.1) is 26.5 Å². The van der Waals surface area contributed by atoms with Gasteiger partial charge in [-0.1, -0.05) is 11.8 Å². The molecule has 0 spiro atoms. The molecule has 1 saturated heterocycles. The Bertz CT molecular complexity index is 1450. The van der Waals surface area contributed by atoms with Crippen molar-refractivity contribution in [2.75, 3.05) is 73.2 Å². The summed E-state index contributed by atoms with van der Waals surface area (Å²) in [4.78, 5) is 24.8. The van der Waals surface area contributed by atoms with E-state index in [0.717, 1.165) is 53.9 Å². The number of amides is 1. The van der Waals surface area contributed by atoms with Gasteiger partial charge in [-0.3, -0.25) is 4.79 Å². The molecule has 0 bridgehead atoms. The molecule has 4 aromatic rings. The number of morpholine rings is 1. The average Bonchev–Trinajstić information content (AvgIpc) is 3.03. The molecule has 0 unspecified atom stereocenters. The molecule has 0 radical (unpaired) electrons. The van der Waals surface area contributed by atoms with Crippen LogP contribution >= 0.6 is 11.8 Å². The van der Waals surface area contributed by atoms with Crippen LogP contribution in [-0.2, 0) is 9.53 Å². The van der Waals surface area contributed by atoms with Crippen LogP contribution in [0.25, 0.3) is 0 Å². The van der Waals surface area contributed by atoms with Crippen molar-refractivity contribution in [2.24, 2.45) is 0 Å². The van der Waals surface area contributed by atoms with E-state index in [1.54, 1.807) is 13.3 Å². The summed E-state index contributed by atoms with van der Waals surface area (Å²) < 4.78 is 10.9. The van der Waals surface area contributed by atoms with Crippen LogP contribution in [0.3, 0.4) is 0 Å². The van der Waals surface area contributed by atoms with Crippen molar-refractivity contribution >= 4 is 52.1 Å². The molecule has 11 heteroatoms. The number of methoxy groups -OCH3 is 1. The highest BCUT2D eigenvalue weighted by Gasteiger charge is 2.12. The second kappa shape index (κ2) is 14.4. The maximum absolute atomic E-state index is 12.5. The number of hydrogen-bond donors (Lipinski definition) is 4. The summed E-state index contributed by atoms with van der Waals surface area (Å²) in [5.41, 5.74) is 4.82. The normalized spacial score (nSPS) is 12.9. The minimum Gasteiger partial charge on any atom is -0.492 e. The molecule has 1 aliphatic heterocycles. The fraction of sp³-hybridized carbons (Fsp3) is 0.258. The van der Waals surface area contributed by atoms with Gasteiger partial charge in [-0.15, -0.1) is 0 Å². The van der Waals surface area contributed by atoms with Crippen LogP contribution in [0, 0.1) is 0 Å².